The molecule has 0 radical (unpaired) electrons. The minimum atomic E-state index is -1.11. The Morgan fingerprint density at radius 1 is 1.35 bits per heavy atom. The number of carboxylic acids is 1. The third-order valence-corrected chi connectivity index (χ3v) is 3.34. The molecule has 106 valence electrons. The van der Waals surface area contributed by atoms with Crippen LogP contribution in [0.15, 0.2) is 12.1 Å². The second-order valence-corrected chi connectivity index (χ2v) is 4.59. The lowest BCUT2D eigenvalue weighted by Gasteiger charge is -2.14. The van der Waals surface area contributed by atoms with Crippen LogP contribution in [0.2, 0.25) is 0 Å². The van der Waals surface area contributed by atoms with Crippen LogP contribution in [0.4, 0.5) is 0 Å². The van der Waals surface area contributed by atoms with E-state index in [0.717, 1.165) is 11.1 Å². The topological polar surface area (TPSA) is 84.6 Å². The van der Waals surface area contributed by atoms with E-state index in [4.69, 9.17) is 9.84 Å². The first-order chi connectivity index (χ1) is 9.36. The average molecular weight is 276 g/mol. The van der Waals surface area contributed by atoms with Crippen molar-refractivity contribution in [3.63, 3.8) is 0 Å². The Morgan fingerprint density at radius 2 is 2.00 bits per heavy atom. The number of phenols is 1. The standard InChI is InChI=1S/C14H16N2O4/c1-7-5-9(12(17)13(20-4)8(7)2)11-6-10(14(18)19)15-16(11)3/h5-6,17H,1-4H3,(H,18,19). The largest absolute Gasteiger partial charge is 0.504 e. The Bertz CT molecular complexity index is 689. The Balaban J connectivity index is 2.70. The lowest BCUT2D eigenvalue weighted by molar-refractivity contribution is 0.0689. The number of methoxy groups -OCH3 is 1. The van der Waals surface area contributed by atoms with E-state index < -0.39 is 5.97 Å². The number of nitrogens with zero attached hydrogens (tertiary/aromatic N) is 2. The molecular weight excluding hydrogens is 260 g/mol. The van der Waals surface area contributed by atoms with Crippen LogP contribution in [0.5, 0.6) is 11.5 Å². The number of aromatic hydroxyl groups is 1. The first-order valence-corrected chi connectivity index (χ1v) is 6.01. The molecule has 20 heavy (non-hydrogen) atoms. The highest BCUT2D eigenvalue weighted by molar-refractivity contribution is 5.87. The second kappa shape index (κ2) is 4.88. The zero-order valence-electron chi connectivity index (χ0n) is 11.8. The summed E-state index contributed by atoms with van der Waals surface area (Å²) in [5.41, 5.74) is 2.72. The third kappa shape index (κ3) is 2.09. The molecule has 0 amide bonds. The Kier molecular flexibility index (Phi) is 3.40. The fourth-order valence-corrected chi connectivity index (χ4v) is 2.14. The van der Waals surface area contributed by atoms with Gasteiger partial charge in [0.2, 0.25) is 0 Å². The minimum Gasteiger partial charge on any atom is -0.504 e. The number of aromatic nitrogens is 2. The molecule has 0 bridgehead atoms. The van der Waals surface area contributed by atoms with Crippen molar-refractivity contribution in [2.45, 2.75) is 13.8 Å². The van der Waals surface area contributed by atoms with Gasteiger partial charge in [0.1, 0.15) is 0 Å². The summed E-state index contributed by atoms with van der Waals surface area (Å²) in [5.74, 6) is -0.740. The Morgan fingerprint density at radius 3 is 2.50 bits per heavy atom. The van der Waals surface area contributed by atoms with Gasteiger partial charge in [0.05, 0.1) is 12.8 Å². The van der Waals surface area contributed by atoms with Gasteiger partial charge in [0.15, 0.2) is 17.2 Å². The molecule has 1 aromatic carbocycles. The molecule has 6 heteroatoms. The van der Waals surface area contributed by atoms with Crippen molar-refractivity contribution in [3.05, 3.63) is 29.0 Å². The zero-order valence-corrected chi connectivity index (χ0v) is 11.8. The summed E-state index contributed by atoms with van der Waals surface area (Å²) in [6, 6.07) is 3.21. The number of aryl methyl sites for hydroxylation is 2. The molecule has 2 N–H and O–H groups in total. The molecule has 0 spiro atoms. The summed E-state index contributed by atoms with van der Waals surface area (Å²) in [4.78, 5) is 11.0. The second-order valence-electron chi connectivity index (χ2n) is 4.59. The lowest BCUT2D eigenvalue weighted by atomic mass is 10.0. The van der Waals surface area contributed by atoms with Crippen LogP contribution >= 0.6 is 0 Å². The molecule has 0 atom stereocenters. The lowest BCUT2D eigenvalue weighted by Crippen LogP contribution is -2.00. The first-order valence-electron chi connectivity index (χ1n) is 6.01. The van der Waals surface area contributed by atoms with Gasteiger partial charge in [-0.3, -0.25) is 4.68 Å². The Hall–Kier alpha value is -2.50. The van der Waals surface area contributed by atoms with Crippen molar-refractivity contribution in [1.29, 1.82) is 0 Å². The molecule has 0 unspecified atom stereocenters. The van der Waals surface area contributed by atoms with Crippen molar-refractivity contribution in [2.75, 3.05) is 7.11 Å². The molecule has 6 nitrogen and oxygen atoms in total. The van der Waals surface area contributed by atoms with E-state index in [0.29, 0.717) is 17.0 Å². The van der Waals surface area contributed by atoms with Crippen molar-refractivity contribution in [3.8, 4) is 22.8 Å². The van der Waals surface area contributed by atoms with Crippen molar-refractivity contribution in [1.82, 2.24) is 9.78 Å². The van der Waals surface area contributed by atoms with Crippen LogP contribution in [0.3, 0.4) is 0 Å². The molecule has 0 fully saturated rings. The minimum absolute atomic E-state index is 0.0180. The first kappa shape index (κ1) is 13.9. The molecule has 1 aromatic heterocycles. The van der Waals surface area contributed by atoms with E-state index in [9.17, 15) is 9.90 Å². The van der Waals surface area contributed by atoms with Gasteiger partial charge in [-0.05, 0) is 37.1 Å². The van der Waals surface area contributed by atoms with Gasteiger partial charge in [-0.15, -0.1) is 0 Å². The number of hydrogen-bond donors (Lipinski definition) is 2. The van der Waals surface area contributed by atoms with Crippen LogP contribution in [0.1, 0.15) is 21.6 Å². The van der Waals surface area contributed by atoms with E-state index in [1.54, 1.807) is 13.1 Å². The maximum absolute atomic E-state index is 11.0. The predicted molar refractivity (Wildman–Crippen MR) is 73.3 cm³/mol. The van der Waals surface area contributed by atoms with E-state index in [-0.39, 0.29) is 11.4 Å². The maximum atomic E-state index is 11.0. The van der Waals surface area contributed by atoms with Crippen molar-refractivity contribution in [2.24, 2.45) is 7.05 Å². The Labute approximate surface area is 116 Å². The number of ether oxygens (including phenoxy) is 1. The average Bonchev–Trinajstić information content (AvgIpc) is 2.77. The molecule has 0 aliphatic carbocycles. The molecule has 2 rings (SSSR count). The molecule has 0 saturated heterocycles. The number of rotatable bonds is 3. The SMILES string of the molecule is COc1c(C)c(C)cc(-c2cc(C(=O)O)nn2C)c1O. The van der Waals surface area contributed by atoms with Crippen LogP contribution < -0.4 is 4.74 Å². The molecule has 0 aliphatic rings. The van der Waals surface area contributed by atoms with Gasteiger partial charge in [0, 0.05) is 12.6 Å². The quantitative estimate of drug-likeness (QED) is 0.897. The summed E-state index contributed by atoms with van der Waals surface area (Å²) >= 11 is 0. The summed E-state index contributed by atoms with van der Waals surface area (Å²) in [7, 11) is 3.11. The maximum Gasteiger partial charge on any atom is 0.356 e. The van der Waals surface area contributed by atoms with Crippen LogP contribution in [0.25, 0.3) is 11.3 Å². The van der Waals surface area contributed by atoms with Gasteiger partial charge in [-0.1, -0.05) is 0 Å². The normalized spacial score (nSPS) is 10.6. The summed E-state index contributed by atoms with van der Waals surface area (Å²) in [6.07, 6.45) is 0. The number of carbonyl (C=O) groups is 1. The fourth-order valence-electron chi connectivity index (χ4n) is 2.14. The monoisotopic (exact) mass is 276 g/mol. The van der Waals surface area contributed by atoms with Crippen LogP contribution in [-0.2, 0) is 7.05 Å². The number of aromatic carboxylic acids is 1. The number of carboxylic acid groups (broad SMARTS) is 1. The third-order valence-electron chi connectivity index (χ3n) is 3.34. The van der Waals surface area contributed by atoms with E-state index >= 15 is 0 Å². The molecule has 1 heterocycles. The highest BCUT2D eigenvalue weighted by Gasteiger charge is 2.19. The highest BCUT2D eigenvalue weighted by atomic mass is 16.5. The fraction of sp³-hybridized carbons (Fsp3) is 0.286. The predicted octanol–water partition coefficient (Wildman–Crippen LogP) is 2.12. The number of benzene rings is 1. The summed E-state index contributed by atoms with van der Waals surface area (Å²) < 4.78 is 6.64. The van der Waals surface area contributed by atoms with E-state index in [2.05, 4.69) is 5.10 Å². The number of hydrogen-bond acceptors (Lipinski definition) is 4. The van der Waals surface area contributed by atoms with Crippen molar-refractivity contribution >= 4 is 5.97 Å². The highest BCUT2D eigenvalue weighted by Crippen LogP contribution is 2.41. The summed E-state index contributed by atoms with van der Waals surface area (Å²) in [5, 5.41) is 23.2. The van der Waals surface area contributed by atoms with Gasteiger partial charge in [-0.2, -0.15) is 5.10 Å². The number of phenolic OH excluding ortho intramolecular Hbond substituents is 1. The van der Waals surface area contributed by atoms with Crippen molar-refractivity contribution < 1.29 is 19.7 Å². The molecule has 0 aliphatic heterocycles. The summed E-state index contributed by atoms with van der Waals surface area (Å²) in [6.45, 7) is 3.75. The van der Waals surface area contributed by atoms with Crippen LogP contribution in [-0.4, -0.2) is 33.1 Å². The van der Waals surface area contributed by atoms with Gasteiger partial charge in [-0.25, -0.2) is 4.79 Å². The van der Waals surface area contributed by atoms with E-state index in [1.807, 2.05) is 13.8 Å². The van der Waals surface area contributed by atoms with Gasteiger partial charge < -0.3 is 14.9 Å². The van der Waals surface area contributed by atoms with E-state index in [1.165, 1.54) is 17.9 Å². The zero-order chi connectivity index (χ0) is 15.0. The van der Waals surface area contributed by atoms with Gasteiger partial charge >= 0.3 is 5.97 Å². The molecule has 0 saturated carbocycles. The molecule has 2 aromatic rings. The van der Waals surface area contributed by atoms with Crippen LogP contribution in [0, 0.1) is 13.8 Å². The van der Waals surface area contributed by atoms with Gasteiger partial charge in [0.25, 0.3) is 0 Å². The smallest absolute Gasteiger partial charge is 0.356 e. The molecular formula is C14H16N2O4.